The Morgan fingerprint density at radius 2 is 1.70 bits per heavy atom. The number of nitrogens with one attached hydrogen (secondary N) is 3. The van der Waals surface area contributed by atoms with E-state index in [1.165, 1.54) is 10.6 Å². The first kappa shape index (κ1) is 45.6. The van der Waals surface area contributed by atoms with Crippen molar-refractivity contribution in [1.29, 1.82) is 0 Å². The third-order valence-corrected chi connectivity index (χ3v) is 12.5. The van der Waals surface area contributed by atoms with Crippen molar-refractivity contribution in [3.05, 3.63) is 97.6 Å². The molecule has 0 fully saturated rings. The number of rotatable bonds is 19. The quantitative estimate of drug-likeness (QED) is 0.0752. The molecule has 6 N–H and O–H groups in total. The minimum absolute atomic E-state index is 0.00936. The number of halogens is 1. The maximum Gasteiger partial charge on any atom is 0.343 e. The van der Waals surface area contributed by atoms with Crippen LogP contribution >= 0.6 is 0 Å². The number of hydrogen-bond acceptors (Lipinski definition) is 12. The molecule has 3 amide bonds. The number of benzene rings is 2. The number of pyridine rings is 2. The molecule has 0 unspecified atom stereocenters. The summed E-state index contributed by atoms with van der Waals surface area (Å²) in [5.41, 5.74) is 7.66. The van der Waals surface area contributed by atoms with E-state index in [0.717, 1.165) is 11.1 Å². The van der Waals surface area contributed by atoms with Crippen LogP contribution in [0.2, 0.25) is 0 Å². The van der Waals surface area contributed by atoms with Gasteiger partial charge in [0.05, 0.1) is 54.2 Å². The van der Waals surface area contributed by atoms with E-state index in [0.29, 0.717) is 51.8 Å². The van der Waals surface area contributed by atoms with Gasteiger partial charge in [-0.25, -0.2) is 14.2 Å². The summed E-state index contributed by atoms with van der Waals surface area (Å²) >= 11 is 0. The fraction of sp³-hybridized carbons (Fsp3) is 0.426. The summed E-state index contributed by atoms with van der Waals surface area (Å²) in [6.07, 6.45) is 0.601. The lowest BCUT2D eigenvalue weighted by Crippen LogP contribution is -2.44. The Balaban J connectivity index is 0.960. The van der Waals surface area contributed by atoms with Gasteiger partial charge in [-0.1, -0.05) is 37.3 Å². The van der Waals surface area contributed by atoms with Crippen LogP contribution in [0.25, 0.3) is 22.3 Å². The third kappa shape index (κ3) is 9.26. The van der Waals surface area contributed by atoms with Crippen LogP contribution in [0.1, 0.15) is 110 Å². The van der Waals surface area contributed by atoms with E-state index in [2.05, 4.69) is 16.0 Å². The fourth-order valence-electron chi connectivity index (χ4n) is 8.91. The van der Waals surface area contributed by atoms with Crippen LogP contribution in [-0.2, 0) is 69.9 Å². The molecule has 2 aromatic carbocycles. The predicted molar refractivity (Wildman–Crippen MR) is 230 cm³/mol. The second-order valence-corrected chi connectivity index (χ2v) is 16.7. The van der Waals surface area contributed by atoms with Crippen LogP contribution in [0.3, 0.4) is 0 Å². The average molecular weight is 879 g/mol. The van der Waals surface area contributed by atoms with E-state index in [-0.39, 0.29) is 118 Å². The molecule has 0 spiro atoms. The molecule has 1 aliphatic carbocycles. The maximum absolute atomic E-state index is 15.3. The average Bonchev–Trinajstić information content (AvgIpc) is 3.66. The van der Waals surface area contributed by atoms with Crippen LogP contribution < -0.4 is 27.2 Å². The minimum atomic E-state index is -2.03. The number of aromatic nitrogens is 2. The maximum atomic E-state index is 15.3. The largest absolute Gasteiger partial charge is 0.458 e. The lowest BCUT2D eigenvalue weighted by Gasteiger charge is -2.31. The number of fused-ring (bicyclic) bond motifs is 5. The molecular formula is C47H51FN6O10. The first-order valence-corrected chi connectivity index (χ1v) is 21.6. The zero-order valence-corrected chi connectivity index (χ0v) is 35.8. The molecule has 4 aromatic rings. The molecule has 2 aliphatic heterocycles. The zero-order chi connectivity index (χ0) is 45.9. The summed E-state index contributed by atoms with van der Waals surface area (Å²) in [4.78, 5) is 108. The lowest BCUT2D eigenvalue weighted by atomic mass is 9.81. The molecule has 16 nitrogen and oxygen atoms in total. The van der Waals surface area contributed by atoms with Gasteiger partial charge in [-0.15, -0.1) is 0 Å². The van der Waals surface area contributed by atoms with Crippen LogP contribution in [0, 0.1) is 12.7 Å². The van der Waals surface area contributed by atoms with E-state index >= 15 is 4.39 Å². The summed E-state index contributed by atoms with van der Waals surface area (Å²) < 4.78 is 22.0. The molecular weight excluding hydrogens is 828 g/mol. The number of Topliss-reactive ketones (excluding diaryl/α,β-unsaturated/α-hetero) is 3. The van der Waals surface area contributed by atoms with Crippen molar-refractivity contribution in [3.63, 3.8) is 0 Å². The number of aliphatic hydroxyl groups is 1. The van der Waals surface area contributed by atoms with E-state index in [1.807, 2.05) is 6.07 Å². The number of cyclic esters (lactones) is 1. The summed E-state index contributed by atoms with van der Waals surface area (Å²) in [6, 6.07) is 10.5. The van der Waals surface area contributed by atoms with Gasteiger partial charge in [-0.05, 0) is 67.3 Å². The molecule has 17 heteroatoms. The number of carbonyl (C=O) groups is 7. The lowest BCUT2D eigenvalue weighted by molar-refractivity contribution is -0.172. The molecule has 0 radical (unpaired) electrons. The first-order chi connectivity index (χ1) is 30.6. The van der Waals surface area contributed by atoms with Crippen molar-refractivity contribution in [1.82, 2.24) is 25.5 Å². The van der Waals surface area contributed by atoms with Crippen LogP contribution in [-0.4, -0.2) is 74.8 Å². The molecule has 0 saturated heterocycles. The number of esters is 1. The van der Waals surface area contributed by atoms with Gasteiger partial charge >= 0.3 is 5.97 Å². The molecule has 64 heavy (non-hydrogen) atoms. The normalized spacial score (nSPS) is 17.4. The van der Waals surface area contributed by atoms with Gasteiger partial charge in [0.1, 0.15) is 18.2 Å². The van der Waals surface area contributed by atoms with Crippen LogP contribution in [0.15, 0.2) is 47.3 Å². The van der Waals surface area contributed by atoms with Crippen molar-refractivity contribution in [2.24, 2.45) is 5.73 Å². The monoisotopic (exact) mass is 878 g/mol. The van der Waals surface area contributed by atoms with Gasteiger partial charge in [0.15, 0.2) is 17.2 Å². The number of nitrogens with zero attached hydrogens (tertiary/aromatic N) is 2. The molecule has 0 bridgehead atoms. The Hall–Kier alpha value is -6.46. The Bertz CT molecular complexity index is 2650. The minimum Gasteiger partial charge on any atom is -0.458 e. The SMILES string of the molecule is CC[C@@]1(O)C(=O)OCc2c1cc1n(c2=O)Cc2c-1nc1cc(F)c(C)c3c1c2[C@@H](NC(=O)CCCC(=O)CNC(=O)CCC(=O)[C@H](Cc1ccccc1)NC(=O)CCC(=O)CN)CC3. The molecule has 2 aromatic heterocycles. The van der Waals surface area contributed by atoms with Crippen molar-refractivity contribution in [2.75, 3.05) is 13.1 Å². The van der Waals surface area contributed by atoms with E-state index in [9.17, 15) is 43.5 Å². The van der Waals surface area contributed by atoms with Gasteiger partial charge in [-0.3, -0.25) is 33.6 Å². The summed E-state index contributed by atoms with van der Waals surface area (Å²) in [5, 5.41) is 20.3. The molecule has 4 heterocycles. The Morgan fingerprint density at radius 3 is 2.44 bits per heavy atom. The van der Waals surface area contributed by atoms with Crippen molar-refractivity contribution < 1.29 is 47.8 Å². The summed E-state index contributed by atoms with van der Waals surface area (Å²) in [5.74, 6) is -3.63. The van der Waals surface area contributed by atoms with Crippen molar-refractivity contribution >= 4 is 51.9 Å². The third-order valence-electron chi connectivity index (χ3n) is 12.5. The smallest absolute Gasteiger partial charge is 0.343 e. The molecule has 336 valence electrons. The van der Waals surface area contributed by atoms with Gasteiger partial charge in [0.25, 0.3) is 5.56 Å². The zero-order valence-electron chi connectivity index (χ0n) is 35.8. The standard InChI is InChI=1S/C47H51FN6O10/c1-3-47(63)32-19-37-44-30(23-54(37)45(61)31(32)24-64-46(47)62)43-34(14-13-29-25(2)33(48)20-36(53-44)42(29)43)51-40(59)11-7-10-28(56)22-50-39(58)17-15-38(57)35(18-26-8-5-4-6-9-26)52-41(60)16-12-27(55)21-49/h4-6,8-9,19-20,34-35,63H,3,7,10-18,21-24,49H2,1-2H3,(H,50,58)(H,51,59)(H,52,60)/t34-,35-,47-/m0/s1. The Kier molecular flexibility index (Phi) is 13.6. The molecule has 3 atom stereocenters. The van der Waals surface area contributed by atoms with E-state index < -0.39 is 46.8 Å². The molecule has 0 saturated carbocycles. The van der Waals surface area contributed by atoms with Crippen molar-refractivity contribution in [3.8, 4) is 11.4 Å². The number of aryl methyl sites for hydroxylation is 1. The number of ketones is 3. The highest BCUT2D eigenvalue weighted by Gasteiger charge is 2.46. The second-order valence-electron chi connectivity index (χ2n) is 16.7. The van der Waals surface area contributed by atoms with Gasteiger partial charge in [0.2, 0.25) is 17.7 Å². The van der Waals surface area contributed by atoms with E-state index in [4.69, 9.17) is 15.5 Å². The highest BCUT2D eigenvalue weighted by molar-refractivity contribution is 5.95. The molecule has 3 aliphatic rings. The topological polar surface area (TPSA) is 246 Å². The Labute approximate surface area is 367 Å². The van der Waals surface area contributed by atoms with Gasteiger partial charge in [-0.2, -0.15) is 0 Å². The molecule has 7 rings (SSSR count). The fourth-order valence-corrected chi connectivity index (χ4v) is 8.91. The first-order valence-electron chi connectivity index (χ1n) is 21.6. The van der Waals surface area contributed by atoms with Crippen LogP contribution in [0.4, 0.5) is 4.39 Å². The Morgan fingerprint density at radius 1 is 0.953 bits per heavy atom. The number of carbonyl (C=O) groups excluding carboxylic acids is 7. The summed E-state index contributed by atoms with van der Waals surface area (Å²) in [6.45, 7) is 2.61. The van der Waals surface area contributed by atoms with Crippen LogP contribution in [0.5, 0.6) is 0 Å². The number of ether oxygens (including phenoxy) is 1. The number of amides is 3. The summed E-state index contributed by atoms with van der Waals surface area (Å²) in [7, 11) is 0. The van der Waals surface area contributed by atoms with Gasteiger partial charge < -0.3 is 36.1 Å². The van der Waals surface area contributed by atoms with Gasteiger partial charge in [0, 0.05) is 61.1 Å². The van der Waals surface area contributed by atoms with Crippen molar-refractivity contribution in [2.45, 2.75) is 115 Å². The number of nitrogens with two attached hydrogens (primary N) is 1. The highest BCUT2D eigenvalue weighted by atomic mass is 19.1. The second kappa shape index (κ2) is 19.1. The van der Waals surface area contributed by atoms with E-state index in [1.54, 1.807) is 44.2 Å². The highest BCUT2D eigenvalue weighted by Crippen LogP contribution is 2.46. The predicted octanol–water partition coefficient (Wildman–Crippen LogP) is 2.87. The number of hydrogen-bond donors (Lipinski definition) is 5.